The lowest BCUT2D eigenvalue weighted by Gasteiger charge is -2.29. The number of carbonyl (C=O) groups is 3. The Morgan fingerprint density at radius 3 is 2.14 bits per heavy atom. The van der Waals surface area contributed by atoms with Gasteiger partial charge < -0.3 is 4.84 Å². The summed E-state index contributed by atoms with van der Waals surface area (Å²) in [5.74, 6) is -2.68. The molecule has 2 aliphatic heterocycles. The molecule has 0 unspecified atom stereocenters. The molecular weight excluding hydrogens is 408 g/mol. The molecule has 2 aromatic carbocycles. The van der Waals surface area contributed by atoms with Crippen LogP contribution in [0.15, 0.2) is 47.4 Å². The largest absolute Gasteiger partial charge is 0.365 e. The van der Waals surface area contributed by atoms with Crippen molar-refractivity contribution in [3.8, 4) is 0 Å². The first-order valence-electron chi connectivity index (χ1n) is 8.30. The second kappa shape index (κ2) is 6.69. The van der Waals surface area contributed by atoms with E-state index in [2.05, 4.69) is 0 Å². The van der Waals surface area contributed by atoms with E-state index < -0.39 is 27.8 Å². The molecule has 0 bridgehead atoms. The van der Waals surface area contributed by atoms with Gasteiger partial charge in [0.25, 0.3) is 11.8 Å². The van der Waals surface area contributed by atoms with Crippen molar-refractivity contribution in [3.63, 3.8) is 0 Å². The summed E-state index contributed by atoms with van der Waals surface area (Å²) in [6.45, 7) is 0.805. The van der Waals surface area contributed by atoms with Gasteiger partial charge in [0.1, 0.15) is 0 Å². The Morgan fingerprint density at radius 1 is 1.00 bits per heavy atom. The van der Waals surface area contributed by atoms with Gasteiger partial charge in [0, 0.05) is 13.1 Å². The standard InChI is InChI=1S/C18H13ClN2O6S/c19-15-7-6-11(28(25,26)20-8-3-9-20)10-14(15)18(24)27-21-16(22)12-4-1-2-5-13(12)17(21)23/h1-2,4-7,10H,3,8-9H2. The highest BCUT2D eigenvalue weighted by atomic mass is 35.5. The monoisotopic (exact) mass is 420 g/mol. The second-order valence-corrected chi connectivity index (χ2v) is 8.57. The number of hydrogen-bond donors (Lipinski definition) is 0. The van der Waals surface area contributed by atoms with Crippen molar-refractivity contribution >= 4 is 39.4 Å². The van der Waals surface area contributed by atoms with Crippen molar-refractivity contribution in [2.45, 2.75) is 11.3 Å². The molecule has 0 N–H and O–H groups in total. The van der Waals surface area contributed by atoms with Gasteiger partial charge >= 0.3 is 5.97 Å². The van der Waals surface area contributed by atoms with Crippen LogP contribution in [0, 0.1) is 0 Å². The number of halogens is 1. The van der Waals surface area contributed by atoms with E-state index in [9.17, 15) is 22.8 Å². The van der Waals surface area contributed by atoms with Crippen molar-refractivity contribution in [1.29, 1.82) is 0 Å². The zero-order valence-electron chi connectivity index (χ0n) is 14.3. The van der Waals surface area contributed by atoms with Gasteiger partial charge in [0.15, 0.2) is 0 Å². The third kappa shape index (κ3) is 2.88. The molecule has 10 heteroatoms. The van der Waals surface area contributed by atoms with Crippen LogP contribution in [0.1, 0.15) is 37.5 Å². The lowest BCUT2D eigenvalue weighted by atomic mass is 10.1. The Hall–Kier alpha value is -2.75. The molecule has 8 nitrogen and oxygen atoms in total. The molecule has 2 aromatic rings. The van der Waals surface area contributed by atoms with Gasteiger partial charge in [-0.1, -0.05) is 28.8 Å². The van der Waals surface area contributed by atoms with Crippen LogP contribution < -0.4 is 0 Å². The van der Waals surface area contributed by atoms with Crippen molar-refractivity contribution < 1.29 is 27.6 Å². The Balaban J connectivity index is 1.62. The molecule has 2 heterocycles. The summed E-state index contributed by atoms with van der Waals surface area (Å²) >= 11 is 6.02. The van der Waals surface area contributed by atoms with Crippen molar-refractivity contribution in [2.75, 3.05) is 13.1 Å². The highest BCUT2D eigenvalue weighted by Crippen LogP contribution is 2.28. The Morgan fingerprint density at radius 2 is 1.61 bits per heavy atom. The van der Waals surface area contributed by atoms with E-state index in [-0.39, 0.29) is 26.6 Å². The number of sulfonamides is 1. The lowest BCUT2D eigenvalue weighted by molar-refractivity contribution is -0.0584. The number of imide groups is 1. The third-order valence-electron chi connectivity index (χ3n) is 4.54. The van der Waals surface area contributed by atoms with E-state index in [4.69, 9.17) is 16.4 Å². The van der Waals surface area contributed by atoms with Gasteiger partial charge in [-0.15, -0.1) is 0 Å². The maximum Gasteiger partial charge on any atom is 0.365 e. The van der Waals surface area contributed by atoms with E-state index in [0.717, 1.165) is 12.5 Å². The molecule has 0 spiro atoms. The molecule has 1 saturated heterocycles. The predicted octanol–water partition coefficient (Wildman–Crippen LogP) is 2.10. The molecule has 2 amide bonds. The number of rotatable bonds is 4. The molecule has 2 aliphatic rings. The van der Waals surface area contributed by atoms with Gasteiger partial charge in [0.2, 0.25) is 10.0 Å². The van der Waals surface area contributed by atoms with Crippen LogP contribution in [0.3, 0.4) is 0 Å². The average Bonchev–Trinajstić information content (AvgIpc) is 2.85. The van der Waals surface area contributed by atoms with E-state index in [1.807, 2.05) is 0 Å². The maximum atomic E-state index is 12.5. The highest BCUT2D eigenvalue weighted by molar-refractivity contribution is 7.89. The summed E-state index contributed by atoms with van der Waals surface area (Å²) in [5.41, 5.74) is -0.0409. The topological polar surface area (TPSA) is 101 Å². The summed E-state index contributed by atoms with van der Waals surface area (Å²) in [6, 6.07) is 9.67. The van der Waals surface area contributed by atoms with Crippen LogP contribution in [0.5, 0.6) is 0 Å². The number of amides is 2. The van der Waals surface area contributed by atoms with Crippen molar-refractivity contribution in [1.82, 2.24) is 9.37 Å². The molecule has 0 aromatic heterocycles. The van der Waals surface area contributed by atoms with E-state index in [1.165, 1.54) is 28.6 Å². The molecule has 28 heavy (non-hydrogen) atoms. The lowest BCUT2D eigenvalue weighted by Crippen LogP contribution is -2.42. The Labute approximate surface area is 165 Å². The van der Waals surface area contributed by atoms with Crippen LogP contribution >= 0.6 is 11.6 Å². The van der Waals surface area contributed by atoms with Crippen LogP contribution in [0.25, 0.3) is 0 Å². The minimum atomic E-state index is -3.75. The van der Waals surface area contributed by atoms with Gasteiger partial charge in [0.05, 0.1) is 26.6 Å². The SMILES string of the molecule is O=C(ON1C(=O)c2ccccc2C1=O)c1cc(S(=O)(=O)N2CCC2)ccc1Cl. The van der Waals surface area contributed by atoms with Crippen LogP contribution in [0.2, 0.25) is 5.02 Å². The summed E-state index contributed by atoms with van der Waals surface area (Å²) < 4.78 is 26.3. The number of benzene rings is 2. The first-order chi connectivity index (χ1) is 13.3. The fourth-order valence-electron chi connectivity index (χ4n) is 2.88. The molecule has 0 atom stereocenters. The average molecular weight is 421 g/mol. The second-order valence-electron chi connectivity index (χ2n) is 6.23. The molecule has 1 fully saturated rings. The van der Waals surface area contributed by atoms with Gasteiger partial charge in [-0.05, 0) is 36.8 Å². The normalized spacial score (nSPS) is 16.7. The number of hydrogen-bond acceptors (Lipinski definition) is 6. The van der Waals surface area contributed by atoms with Gasteiger partial charge in [-0.2, -0.15) is 4.31 Å². The maximum absolute atomic E-state index is 12.5. The zero-order valence-corrected chi connectivity index (χ0v) is 15.9. The van der Waals surface area contributed by atoms with E-state index >= 15 is 0 Å². The fraction of sp³-hybridized carbons (Fsp3) is 0.167. The molecule has 0 radical (unpaired) electrons. The van der Waals surface area contributed by atoms with Crippen LogP contribution in [0.4, 0.5) is 0 Å². The molecular formula is C18H13ClN2O6S. The summed E-state index contributed by atoms with van der Waals surface area (Å²) in [6.07, 6.45) is 0.765. The third-order valence-corrected chi connectivity index (χ3v) is 6.77. The molecule has 0 aliphatic carbocycles. The van der Waals surface area contributed by atoms with E-state index in [0.29, 0.717) is 18.2 Å². The smallest absolute Gasteiger partial charge is 0.324 e. The minimum absolute atomic E-state index is 0.0656. The molecule has 144 valence electrons. The summed E-state index contributed by atoms with van der Waals surface area (Å²) in [4.78, 5) is 42.0. The predicted molar refractivity (Wildman–Crippen MR) is 97.2 cm³/mol. The number of hydroxylamine groups is 2. The number of fused-ring (bicyclic) bond motifs is 1. The quantitative estimate of drug-likeness (QED) is 0.702. The van der Waals surface area contributed by atoms with Crippen molar-refractivity contribution in [3.05, 3.63) is 64.2 Å². The van der Waals surface area contributed by atoms with E-state index in [1.54, 1.807) is 12.1 Å². The highest BCUT2D eigenvalue weighted by Gasteiger charge is 2.39. The molecule has 0 saturated carbocycles. The van der Waals surface area contributed by atoms with Crippen LogP contribution in [-0.2, 0) is 14.9 Å². The fourth-order valence-corrected chi connectivity index (χ4v) is 4.62. The van der Waals surface area contributed by atoms with Gasteiger partial charge in [-0.3, -0.25) is 9.59 Å². The number of carbonyl (C=O) groups excluding carboxylic acids is 3. The summed E-state index contributed by atoms with van der Waals surface area (Å²) in [7, 11) is -3.75. The molecule has 4 rings (SSSR count). The van der Waals surface area contributed by atoms with Crippen LogP contribution in [-0.4, -0.2) is 48.7 Å². The summed E-state index contributed by atoms with van der Waals surface area (Å²) in [5, 5.41) is 0.282. The first kappa shape index (κ1) is 18.6. The Kier molecular flexibility index (Phi) is 4.45. The Bertz CT molecular complexity index is 1090. The first-order valence-corrected chi connectivity index (χ1v) is 10.1. The zero-order chi connectivity index (χ0) is 20.1. The van der Waals surface area contributed by atoms with Gasteiger partial charge in [-0.25, -0.2) is 13.2 Å². The van der Waals surface area contributed by atoms with Crippen molar-refractivity contribution in [2.24, 2.45) is 0 Å². The minimum Gasteiger partial charge on any atom is -0.324 e. The number of nitrogens with zero attached hydrogens (tertiary/aromatic N) is 2.